The van der Waals surface area contributed by atoms with Crippen molar-refractivity contribution in [3.8, 4) is 22.3 Å². The number of hydrogen-bond acceptors (Lipinski definition) is 1. The van der Waals surface area contributed by atoms with Crippen molar-refractivity contribution in [2.24, 2.45) is 0 Å². The predicted molar refractivity (Wildman–Crippen MR) is 190 cm³/mol. The molecule has 1 heteroatoms. The van der Waals surface area contributed by atoms with E-state index in [4.69, 9.17) is 0 Å². The lowest BCUT2D eigenvalue weighted by Crippen LogP contribution is -2.08. The summed E-state index contributed by atoms with van der Waals surface area (Å²) in [6, 6.07) is 32.3. The monoisotopic (exact) mass is 563 g/mol. The molecule has 3 aliphatic rings. The minimum Gasteiger partial charge on any atom is -0.387 e. The van der Waals surface area contributed by atoms with Crippen LogP contribution in [0.25, 0.3) is 71.8 Å². The van der Waals surface area contributed by atoms with E-state index in [2.05, 4.69) is 141 Å². The number of benzene rings is 6. The van der Waals surface area contributed by atoms with Gasteiger partial charge in [0.1, 0.15) is 0 Å². The quantitative estimate of drug-likeness (QED) is 0.211. The van der Waals surface area contributed by atoms with Crippen LogP contribution in [0.3, 0.4) is 0 Å². The first-order valence-corrected chi connectivity index (χ1v) is 15.8. The van der Waals surface area contributed by atoms with Gasteiger partial charge in [-0.15, -0.1) is 0 Å². The van der Waals surface area contributed by atoms with Crippen LogP contribution in [0.2, 0.25) is 0 Å². The summed E-state index contributed by atoms with van der Waals surface area (Å²) in [5.41, 5.74) is 16.3. The molecule has 0 radical (unpaired) electrons. The van der Waals surface area contributed by atoms with Crippen molar-refractivity contribution in [1.82, 2.24) is 5.32 Å². The molecule has 0 aromatic heterocycles. The third kappa shape index (κ3) is 3.66. The highest BCUT2D eigenvalue weighted by Gasteiger charge is 2.25. The van der Waals surface area contributed by atoms with Crippen molar-refractivity contribution in [1.29, 1.82) is 0 Å². The third-order valence-corrected chi connectivity index (χ3v) is 10.0. The molecular formula is C43H33N. The summed E-state index contributed by atoms with van der Waals surface area (Å²) >= 11 is 0. The average Bonchev–Trinajstić information content (AvgIpc) is 3.07. The Morgan fingerprint density at radius 3 is 1.95 bits per heavy atom. The minimum absolute atomic E-state index is 0.871. The van der Waals surface area contributed by atoms with E-state index in [1.54, 1.807) is 0 Å². The summed E-state index contributed by atoms with van der Waals surface area (Å²) in [5, 5.41) is 11.4. The normalized spacial score (nSPS) is 15.0. The van der Waals surface area contributed by atoms with E-state index in [1.165, 1.54) is 99.1 Å². The highest BCUT2D eigenvalue weighted by molar-refractivity contribution is 6.23. The first kappa shape index (κ1) is 25.4. The molecule has 1 nitrogen and oxygen atoms in total. The zero-order valence-electron chi connectivity index (χ0n) is 25.2. The van der Waals surface area contributed by atoms with E-state index in [0.29, 0.717) is 0 Å². The summed E-state index contributed by atoms with van der Waals surface area (Å²) in [5.74, 6) is 0. The van der Waals surface area contributed by atoms with Gasteiger partial charge in [0.05, 0.1) is 0 Å². The van der Waals surface area contributed by atoms with Crippen LogP contribution in [0, 0.1) is 13.8 Å². The molecular weight excluding hydrogens is 530 g/mol. The Labute approximate surface area is 258 Å². The van der Waals surface area contributed by atoms with Gasteiger partial charge in [0.15, 0.2) is 0 Å². The average molecular weight is 564 g/mol. The number of fused-ring (bicyclic) bond motifs is 2. The Hall–Kier alpha value is -5.14. The van der Waals surface area contributed by atoms with Crippen LogP contribution < -0.4 is 5.32 Å². The van der Waals surface area contributed by atoms with Crippen LogP contribution in [0.4, 0.5) is 0 Å². The zero-order valence-corrected chi connectivity index (χ0v) is 25.2. The summed E-state index contributed by atoms with van der Waals surface area (Å²) < 4.78 is 0. The molecule has 0 saturated carbocycles. The van der Waals surface area contributed by atoms with Crippen molar-refractivity contribution < 1.29 is 0 Å². The molecule has 0 saturated heterocycles. The Bertz CT molecular complexity index is 2280. The first-order valence-electron chi connectivity index (χ1n) is 15.8. The van der Waals surface area contributed by atoms with Crippen LogP contribution in [-0.4, -0.2) is 6.54 Å². The number of dihydropyridines is 1. The molecule has 44 heavy (non-hydrogen) atoms. The molecule has 1 aliphatic heterocycles. The maximum Gasteiger partial charge on any atom is 0.0334 e. The summed E-state index contributed by atoms with van der Waals surface area (Å²) in [4.78, 5) is 0. The second kappa shape index (κ2) is 9.69. The van der Waals surface area contributed by atoms with Crippen molar-refractivity contribution in [3.05, 3.63) is 149 Å². The van der Waals surface area contributed by atoms with E-state index in [9.17, 15) is 0 Å². The van der Waals surface area contributed by atoms with Gasteiger partial charge in [-0.1, -0.05) is 109 Å². The fraction of sp³-hybridized carbons (Fsp3) is 0.116. The van der Waals surface area contributed by atoms with E-state index >= 15 is 0 Å². The van der Waals surface area contributed by atoms with Gasteiger partial charge < -0.3 is 5.32 Å². The highest BCUT2D eigenvalue weighted by atomic mass is 14.8. The number of hydrogen-bond donors (Lipinski definition) is 1. The summed E-state index contributed by atoms with van der Waals surface area (Å²) in [7, 11) is 0. The Kier molecular flexibility index (Phi) is 5.59. The van der Waals surface area contributed by atoms with E-state index in [-0.39, 0.29) is 0 Å². The van der Waals surface area contributed by atoms with Gasteiger partial charge in [0.25, 0.3) is 0 Å². The molecule has 2 aliphatic carbocycles. The van der Waals surface area contributed by atoms with Gasteiger partial charge in [-0.2, -0.15) is 0 Å². The molecule has 0 amide bonds. The smallest absolute Gasteiger partial charge is 0.0334 e. The van der Waals surface area contributed by atoms with E-state index in [0.717, 1.165) is 19.4 Å². The molecule has 210 valence electrons. The molecule has 0 atom stereocenters. The molecule has 6 aromatic carbocycles. The molecule has 6 aromatic rings. The maximum atomic E-state index is 3.29. The van der Waals surface area contributed by atoms with Crippen molar-refractivity contribution in [2.75, 3.05) is 6.54 Å². The fourth-order valence-electron chi connectivity index (χ4n) is 8.02. The van der Waals surface area contributed by atoms with Gasteiger partial charge in [0, 0.05) is 6.54 Å². The molecule has 9 rings (SSSR count). The molecule has 0 fully saturated rings. The van der Waals surface area contributed by atoms with Gasteiger partial charge in [-0.25, -0.2) is 0 Å². The zero-order chi connectivity index (χ0) is 29.4. The number of aryl methyl sites for hydroxylation is 2. The second-order valence-corrected chi connectivity index (χ2v) is 12.5. The van der Waals surface area contributed by atoms with Crippen LogP contribution in [-0.2, 0) is 6.42 Å². The van der Waals surface area contributed by atoms with Crippen molar-refractivity contribution >= 4 is 49.5 Å². The molecule has 1 heterocycles. The molecule has 0 unspecified atom stereocenters. The Morgan fingerprint density at radius 2 is 1.25 bits per heavy atom. The van der Waals surface area contributed by atoms with E-state index in [1.807, 2.05) is 0 Å². The Morgan fingerprint density at radius 1 is 0.591 bits per heavy atom. The van der Waals surface area contributed by atoms with Gasteiger partial charge >= 0.3 is 0 Å². The molecule has 0 bridgehead atoms. The molecule has 0 spiro atoms. The van der Waals surface area contributed by atoms with Gasteiger partial charge in [-0.3, -0.25) is 0 Å². The second-order valence-electron chi connectivity index (χ2n) is 12.5. The standard InChI is InChI=1S/C43H33N/c1-26-25-39(27(2)24-38(26)28-20-22-44-23-21-28)43-34-12-5-3-10-32(34)42(33-11-4-6-13-35(33)43)37-19-17-31-15-14-29-8-7-9-30-16-18-36(37)41(31)40(29)30/h3-8,10-17,19-22,24-25,44H,9,18,23H2,1-2H3. The topological polar surface area (TPSA) is 12.0 Å². The lowest BCUT2D eigenvalue weighted by atomic mass is 9.77. The largest absolute Gasteiger partial charge is 0.387 e. The summed E-state index contributed by atoms with van der Waals surface area (Å²) in [6.45, 7) is 5.40. The van der Waals surface area contributed by atoms with Crippen LogP contribution >= 0.6 is 0 Å². The maximum absolute atomic E-state index is 3.29. The Balaban J connectivity index is 1.35. The highest BCUT2D eigenvalue weighted by Crippen LogP contribution is 2.49. The first-order chi connectivity index (χ1) is 21.7. The van der Waals surface area contributed by atoms with Crippen LogP contribution in [0.1, 0.15) is 39.8 Å². The van der Waals surface area contributed by atoms with Gasteiger partial charge in [0.2, 0.25) is 0 Å². The lowest BCUT2D eigenvalue weighted by Gasteiger charge is -2.26. The molecule has 1 N–H and O–H groups in total. The lowest BCUT2D eigenvalue weighted by molar-refractivity contribution is 0.975. The number of rotatable bonds is 3. The number of allylic oxidation sites excluding steroid dienone is 5. The SMILES string of the molecule is Cc1cc(-c2c3ccccc3c(-c3ccc4ccc5c6c4c3CC=C6CC=C5)c3ccccc23)c(C)cc1C1=CCNC=C1. The summed E-state index contributed by atoms with van der Waals surface area (Å²) in [6.07, 6.45) is 15.6. The number of nitrogens with one attached hydrogen (secondary N) is 1. The van der Waals surface area contributed by atoms with Gasteiger partial charge in [-0.05, 0) is 138 Å². The van der Waals surface area contributed by atoms with Crippen molar-refractivity contribution in [3.63, 3.8) is 0 Å². The third-order valence-electron chi connectivity index (χ3n) is 10.0. The van der Waals surface area contributed by atoms with Crippen molar-refractivity contribution in [2.45, 2.75) is 26.7 Å². The van der Waals surface area contributed by atoms with Crippen LogP contribution in [0.5, 0.6) is 0 Å². The predicted octanol–water partition coefficient (Wildman–Crippen LogP) is 11.0. The van der Waals surface area contributed by atoms with Crippen LogP contribution in [0.15, 0.2) is 115 Å². The fourth-order valence-corrected chi connectivity index (χ4v) is 8.02. The minimum atomic E-state index is 0.871. The van der Waals surface area contributed by atoms with E-state index < -0.39 is 0 Å².